The van der Waals surface area contributed by atoms with Crippen LogP contribution in [0.4, 0.5) is 0 Å². The minimum atomic E-state index is -3.45. The van der Waals surface area contributed by atoms with Gasteiger partial charge >= 0.3 is 0 Å². The Kier molecular flexibility index (Phi) is 5.28. The highest BCUT2D eigenvalue weighted by Crippen LogP contribution is 2.13. The first-order valence-corrected chi connectivity index (χ1v) is 7.15. The van der Waals surface area contributed by atoms with Crippen molar-refractivity contribution < 1.29 is 13.5 Å². The maximum absolute atomic E-state index is 12.0. The van der Waals surface area contributed by atoms with Gasteiger partial charge in [-0.3, -0.25) is 0 Å². The molecule has 0 bridgehead atoms. The monoisotopic (exact) mass is 268 g/mol. The first-order chi connectivity index (χ1) is 8.51. The highest BCUT2D eigenvalue weighted by molar-refractivity contribution is 7.88. The number of benzene rings is 1. The maximum Gasteiger partial charge on any atom is 0.218 e. The van der Waals surface area contributed by atoms with Crippen molar-refractivity contribution in [3.8, 4) is 6.07 Å². The first kappa shape index (κ1) is 14.6. The molecule has 0 spiro atoms. The van der Waals surface area contributed by atoms with Crippen molar-refractivity contribution in [2.75, 3.05) is 20.2 Å². The summed E-state index contributed by atoms with van der Waals surface area (Å²) in [6.07, 6.45) is 0.398. The van der Waals surface area contributed by atoms with Gasteiger partial charge in [-0.1, -0.05) is 18.2 Å². The van der Waals surface area contributed by atoms with Gasteiger partial charge < -0.3 is 5.11 Å². The lowest BCUT2D eigenvalue weighted by Crippen LogP contribution is -2.29. The lowest BCUT2D eigenvalue weighted by molar-refractivity contribution is 0.275. The number of hydrogen-bond acceptors (Lipinski definition) is 4. The van der Waals surface area contributed by atoms with E-state index in [1.165, 1.54) is 11.4 Å². The summed E-state index contributed by atoms with van der Waals surface area (Å²) in [5, 5.41) is 17.6. The summed E-state index contributed by atoms with van der Waals surface area (Å²) in [5.74, 6) is -0.196. The van der Waals surface area contributed by atoms with Crippen molar-refractivity contribution in [3.63, 3.8) is 0 Å². The summed E-state index contributed by atoms with van der Waals surface area (Å²) in [5.41, 5.74) is 0.868. The van der Waals surface area contributed by atoms with E-state index in [2.05, 4.69) is 0 Å². The van der Waals surface area contributed by atoms with Gasteiger partial charge in [-0.15, -0.1) is 0 Å². The smallest absolute Gasteiger partial charge is 0.218 e. The van der Waals surface area contributed by atoms with Gasteiger partial charge in [0.25, 0.3) is 0 Å². The standard InChI is InChI=1S/C12H16N2O3S/c1-14(7-4-8-15)18(16,17)10-12-6-3-2-5-11(12)9-13/h2-3,5-6,15H,4,7-8,10H2,1H3. The maximum atomic E-state index is 12.0. The normalized spacial score (nSPS) is 11.4. The molecule has 1 aromatic rings. The molecule has 0 aromatic heterocycles. The summed E-state index contributed by atoms with van der Waals surface area (Å²) in [4.78, 5) is 0. The fourth-order valence-electron chi connectivity index (χ4n) is 1.49. The molecule has 98 valence electrons. The second kappa shape index (κ2) is 6.50. The Hall–Kier alpha value is -1.42. The average molecular weight is 268 g/mol. The quantitative estimate of drug-likeness (QED) is 0.823. The van der Waals surface area contributed by atoms with Gasteiger partial charge in [0, 0.05) is 20.2 Å². The molecule has 18 heavy (non-hydrogen) atoms. The molecule has 1 rings (SSSR count). The van der Waals surface area contributed by atoms with Crippen molar-refractivity contribution in [1.82, 2.24) is 4.31 Å². The second-order valence-electron chi connectivity index (χ2n) is 3.92. The molecule has 1 N–H and O–H groups in total. The summed E-state index contributed by atoms with van der Waals surface area (Å²) in [6, 6.07) is 8.61. The van der Waals surface area contributed by atoms with Crippen LogP contribution in [0.15, 0.2) is 24.3 Å². The lowest BCUT2D eigenvalue weighted by atomic mass is 10.1. The number of aliphatic hydroxyl groups is 1. The van der Waals surface area contributed by atoms with Gasteiger partial charge in [0.1, 0.15) is 0 Å². The van der Waals surface area contributed by atoms with E-state index in [-0.39, 0.29) is 18.9 Å². The van der Waals surface area contributed by atoms with E-state index in [1.54, 1.807) is 24.3 Å². The van der Waals surface area contributed by atoms with Crippen molar-refractivity contribution in [2.45, 2.75) is 12.2 Å². The third kappa shape index (κ3) is 3.81. The Morgan fingerprint density at radius 2 is 2.06 bits per heavy atom. The molecule has 0 saturated carbocycles. The van der Waals surface area contributed by atoms with Crippen LogP contribution in [0.25, 0.3) is 0 Å². The molecule has 0 radical (unpaired) electrons. The molecule has 0 atom stereocenters. The molecule has 0 aliphatic carbocycles. The Bertz CT molecular complexity index is 534. The third-order valence-electron chi connectivity index (χ3n) is 2.58. The zero-order valence-corrected chi connectivity index (χ0v) is 11.0. The lowest BCUT2D eigenvalue weighted by Gasteiger charge is -2.16. The van der Waals surface area contributed by atoms with Crippen molar-refractivity contribution in [2.24, 2.45) is 0 Å². The van der Waals surface area contributed by atoms with E-state index in [4.69, 9.17) is 10.4 Å². The van der Waals surface area contributed by atoms with E-state index in [0.29, 0.717) is 17.5 Å². The molecule has 0 amide bonds. The van der Waals surface area contributed by atoms with Crippen LogP contribution >= 0.6 is 0 Å². The van der Waals surface area contributed by atoms with Gasteiger partial charge in [-0.05, 0) is 18.1 Å². The highest BCUT2D eigenvalue weighted by atomic mass is 32.2. The minimum Gasteiger partial charge on any atom is -0.396 e. The second-order valence-corrected chi connectivity index (χ2v) is 6.00. The van der Waals surface area contributed by atoms with Crippen LogP contribution in [-0.2, 0) is 15.8 Å². The predicted molar refractivity (Wildman–Crippen MR) is 68.1 cm³/mol. The number of sulfonamides is 1. The number of aliphatic hydroxyl groups excluding tert-OH is 1. The minimum absolute atomic E-state index is 0.0470. The SMILES string of the molecule is CN(CCCO)S(=O)(=O)Cc1ccccc1C#N. The van der Waals surface area contributed by atoms with Gasteiger partial charge in [0.05, 0.1) is 17.4 Å². The van der Waals surface area contributed by atoms with Crippen LogP contribution in [0.5, 0.6) is 0 Å². The van der Waals surface area contributed by atoms with E-state index in [9.17, 15) is 8.42 Å². The fraction of sp³-hybridized carbons (Fsp3) is 0.417. The summed E-state index contributed by atoms with van der Waals surface area (Å²) < 4.78 is 25.2. The zero-order valence-electron chi connectivity index (χ0n) is 10.2. The molecule has 0 fully saturated rings. The van der Waals surface area contributed by atoms with E-state index >= 15 is 0 Å². The predicted octanol–water partition coefficient (Wildman–Crippen LogP) is 0.702. The van der Waals surface area contributed by atoms with Crippen LogP contribution in [0, 0.1) is 11.3 Å². The molecular formula is C12H16N2O3S. The van der Waals surface area contributed by atoms with Gasteiger partial charge in [-0.2, -0.15) is 5.26 Å². The van der Waals surface area contributed by atoms with E-state index < -0.39 is 10.0 Å². The van der Waals surface area contributed by atoms with Crippen LogP contribution in [-0.4, -0.2) is 38.0 Å². The third-order valence-corrected chi connectivity index (χ3v) is 4.39. The van der Waals surface area contributed by atoms with Gasteiger partial charge in [-0.25, -0.2) is 12.7 Å². The summed E-state index contributed by atoms with van der Waals surface area (Å²) in [6.45, 7) is 0.224. The molecule has 0 aliphatic heterocycles. The van der Waals surface area contributed by atoms with Crippen molar-refractivity contribution in [3.05, 3.63) is 35.4 Å². The van der Waals surface area contributed by atoms with Crippen LogP contribution in [0.3, 0.4) is 0 Å². The molecule has 5 nitrogen and oxygen atoms in total. The topological polar surface area (TPSA) is 81.4 Å². The van der Waals surface area contributed by atoms with Crippen molar-refractivity contribution in [1.29, 1.82) is 5.26 Å². The highest BCUT2D eigenvalue weighted by Gasteiger charge is 2.19. The Morgan fingerprint density at radius 3 is 2.67 bits per heavy atom. The van der Waals surface area contributed by atoms with Gasteiger partial charge in [0.2, 0.25) is 10.0 Å². The molecular weight excluding hydrogens is 252 g/mol. The molecule has 6 heteroatoms. The molecule has 0 saturated heterocycles. The summed E-state index contributed by atoms with van der Waals surface area (Å²) >= 11 is 0. The van der Waals surface area contributed by atoms with Crippen LogP contribution < -0.4 is 0 Å². The zero-order chi connectivity index (χ0) is 13.6. The van der Waals surface area contributed by atoms with Gasteiger partial charge in [0.15, 0.2) is 0 Å². The van der Waals surface area contributed by atoms with Crippen molar-refractivity contribution >= 4 is 10.0 Å². The number of nitriles is 1. The molecule has 0 unspecified atom stereocenters. The Morgan fingerprint density at radius 1 is 1.39 bits per heavy atom. The first-order valence-electron chi connectivity index (χ1n) is 5.54. The number of hydrogen-bond donors (Lipinski definition) is 1. The average Bonchev–Trinajstić information content (AvgIpc) is 2.36. The Labute approximate surface area is 107 Å². The van der Waals surface area contributed by atoms with Crippen LogP contribution in [0.2, 0.25) is 0 Å². The molecule has 0 aliphatic rings. The van der Waals surface area contributed by atoms with E-state index in [1.807, 2.05) is 6.07 Å². The molecule has 1 aromatic carbocycles. The largest absolute Gasteiger partial charge is 0.396 e. The summed E-state index contributed by atoms with van der Waals surface area (Å²) in [7, 11) is -1.97. The number of nitrogens with zero attached hydrogens (tertiary/aromatic N) is 2. The molecule has 0 heterocycles. The Balaban J connectivity index is 2.86. The number of rotatable bonds is 6. The fourth-order valence-corrected chi connectivity index (χ4v) is 2.77. The van der Waals surface area contributed by atoms with E-state index in [0.717, 1.165) is 0 Å². The van der Waals surface area contributed by atoms with Crippen LogP contribution in [0.1, 0.15) is 17.5 Å².